The molecular weight excluding hydrogens is 267 g/mol. The molecule has 18 heavy (non-hydrogen) atoms. The summed E-state index contributed by atoms with van der Waals surface area (Å²) in [5.41, 5.74) is 3.25. The van der Waals surface area contributed by atoms with Crippen LogP contribution in [0.1, 0.15) is 16.7 Å². The number of halogens is 2. The predicted octanol–water partition coefficient (Wildman–Crippen LogP) is 4.97. The smallest absolute Gasteiger partial charge is 0.122 e. The van der Waals surface area contributed by atoms with E-state index in [1.807, 2.05) is 49.4 Å². The van der Waals surface area contributed by atoms with Crippen LogP contribution in [0, 0.1) is 6.92 Å². The monoisotopic (exact) mass is 280 g/mol. The molecule has 0 amide bonds. The predicted molar refractivity (Wildman–Crippen MR) is 76.5 cm³/mol. The first-order valence-electron chi connectivity index (χ1n) is 5.72. The topological polar surface area (TPSA) is 9.23 Å². The molecule has 0 saturated heterocycles. The van der Waals surface area contributed by atoms with Crippen molar-refractivity contribution in [3.63, 3.8) is 0 Å². The fourth-order valence-corrected chi connectivity index (χ4v) is 2.25. The number of aryl methyl sites for hydroxylation is 1. The standard InChI is InChI=1S/C15H14Cl2O/c1-11-8-14(17)6-7-15(11)18-10-13-5-3-2-4-12(13)9-16/h2-8H,9-10H2,1H3. The molecule has 1 nitrogen and oxygen atoms in total. The van der Waals surface area contributed by atoms with Crippen LogP contribution in [0.5, 0.6) is 5.75 Å². The quantitative estimate of drug-likeness (QED) is 0.719. The first-order chi connectivity index (χ1) is 8.70. The second kappa shape index (κ2) is 6.12. The molecule has 0 spiro atoms. The molecule has 0 bridgehead atoms. The van der Waals surface area contributed by atoms with E-state index in [1.165, 1.54) is 0 Å². The van der Waals surface area contributed by atoms with Crippen molar-refractivity contribution in [3.8, 4) is 5.75 Å². The van der Waals surface area contributed by atoms with Gasteiger partial charge in [0.15, 0.2) is 0 Å². The molecule has 0 aromatic heterocycles. The third-order valence-corrected chi connectivity index (χ3v) is 3.31. The van der Waals surface area contributed by atoms with Gasteiger partial charge in [0.05, 0.1) is 0 Å². The molecule has 2 aromatic rings. The number of hydrogen-bond acceptors (Lipinski definition) is 1. The molecule has 0 radical (unpaired) electrons. The minimum atomic E-state index is 0.499. The van der Waals surface area contributed by atoms with Crippen molar-refractivity contribution >= 4 is 23.2 Å². The van der Waals surface area contributed by atoms with Crippen LogP contribution in [0.25, 0.3) is 0 Å². The molecule has 0 aliphatic rings. The Morgan fingerprint density at radius 3 is 2.44 bits per heavy atom. The van der Waals surface area contributed by atoms with Crippen molar-refractivity contribution in [1.29, 1.82) is 0 Å². The van der Waals surface area contributed by atoms with Crippen molar-refractivity contribution in [3.05, 3.63) is 64.2 Å². The summed E-state index contributed by atoms with van der Waals surface area (Å²) >= 11 is 11.8. The number of rotatable bonds is 4. The lowest BCUT2D eigenvalue weighted by Gasteiger charge is -2.11. The third kappa shape index (κ3) is 3.18. The van der Waals surface area contributed by atoms with Crippen molar-refractivity contribution in [2.45, 2.75) is 19.4 Å². The van der Waals surface area contributed by atoms with E-state index in [2.05, 4.69) is 0 Å². The summed E-state index contributed by atoms with van der Waals surface area (Å²) in [5, 5.41) is 0.723. The van der Waals surface area contributed by atoms with Crippen molar-refractivity contribution in [2.75, 3.05) is 0 Å². The average molecular weight is 281 g/mol. The fourth-order valence-electron chi connectivity index (χ4n) is 1.76. The maximum absolute atomic E-state index is 5.91. The molecule has 2 aromatic carbocycles. The van der Waals surface area contributed by atoms with E-state index < -0.39 is 0 Å². The zero-order chi connectivity index (χ0) is 13.0. The summed E-state index contributed by atoms with van der Waals surface area (Å²) in [6.45, 7) is 2.50. The highest BCUT2D eigenvalue weighted by molar-refractivity contribution is 6.30. The van der Waals surface area contributed by atoms with Gasteiger partial charge < -0.3 is 4.74 Å². The Morgan fingerprint density at radius 1 is 1.06 bits per heavy atom. The van der Waals surface area contributed by atoms with Gasteiger partial charge in [-0.25, -0.2) is 0 Å². The summed E-state index contributed by atoms with van der Waals surface area (Å²) in [5.74, 6) is 1.35. The highest BCUT2D eigenvalue weighted by atomic mass is 35.5. The van der Waals surface area contributed by atoms with E-state index in [4.69, 9.17) is 27.9 Å². The maximum Gasteiger partial charge on any atom is 0.122 e. The van der Waals surface area contributed by atoms with Crippen LogP contribution < -0.4 is 4.74 Å². The Hall–Kier alpha value is -1.18. The Balaban J connectivity index is 2.11. The molecule has 94 valence electrons. The highest BCUT2D eigenvalue weighted by Gasteiger charge is 2.04. The Kier molecular flexibility index (Phi) is 4.51. The molecule has 0 saturated carbocycles. The van der Waals surface area contributed by atoms with Crippen LogP contribution >= 0.6 is 23.2 Å². The Labute approximate surface area is 117 Å². The van der Waals surface area contributed by atoms with Gasteiger partial charge in [0.25, 0.3) is 0 Å². The van der Waals surface area contributed by atoms with Gasteiger partial charge in [-0.1, -0.05) is 35.9 Å². The molecule has 0 heterocycles. The zero-order valence-electron chi connectivity index (χ0n) is 10.1. The molecule has 0 aliphatic carbocycles. The van der Waals surface area contributed by atoms with E-state index in [0.29, 0.717) is 12.5 Å². The summed E-state index contributed by atoms with van der Waals surface area (Å²) in [6.07, 6.45) is 0. The zero-order valence-corrected chi connectivity index (χ0v) is 11.6. The fraction of sp³-hybridized carbons (Fsp3) is 0.200. The van der Waals surface area contributed by atoms with Gasteiger partial charge >= 0.3 is 0 Å². The molecule has 0 fully saturated rings. The van der Waals surface area contributed by atoms with Crippen LogP contribution in [0.2, 0.25) is 5.02 Å². The number of alkyl halides is 1. The number of hydrogen-bond donors (Lipinski definition) is 0. The molecule has 0 N–H and O–H groups in total. The van der Waals surface area contributed by atoms with E-state index >= 15 is 0 Å². The van der Waals surface area contributed by atoms with E-state index in [-0.39, 0.29) is 0 Å². The highest BCUT2D eigenvalue weighted by Crippen LogP contribution is 2.23. The van der Waals surface area contributed by atoms with Gasteiger partial charge in [0, 0.05) is 10.9 Å². The Morgan fingerprint density at radius 2 is 1.78 bits per heavy atom. The average Bonchev–Trinajstić information content (AvgIpc) is 2.38. The molecule has 3 heteroatoms. The lowest BCUT2D eigenvalue weighted by atomic mass is 10.1. The van der Waals surface area contributed by atoms with Crippen molar-refractivity contribution in [2.24, 2.45) is 0 Å². The summed E-state index contributed by atoms with van der Waals surface area (Å²) in [6, 6.07) is 13.6. The van der Waals surface area contributed by atoms with Gasteiger partial charge in [-0.05, 0) is 41.8 Å². The van der Waals surface area contributed by atoms with Crippen molar-refractivity contribution < 1.29 is 4.74 Å². The normalized spacial score (nSPS) is 10.4. The first-order valence-corrected chi connectivity index (χ1v) is 6.63. The van der Waals surface area contributed by atoms with Crippen molar-refractivity contribution in [1.82, 2.24) is 0 Å². The minimum Gasteiger partial charge on any atom is -0.489 e. The lowest BCUT2D eigenvalue weighted by molar-refractivity contribution is 0.303. The molecule has 0 aliphatic heterocycles. The van der Waals surface area contributed by atoms with E-state index in [0.717, 1.165) is 27.5 Å². The SMILES string of the molecule is Cc1cc(Cl)ccc1OCc1ccccc1CCl. The third-order valence-electron chi connectivity index (χ3n) is 2.78. The molecular formula is C15H14Cl2O. The van der Waals surface area contributed by atoms with E-state index in [1.54, 1.807) is 0 Å². The van der Waals surface area contributed by atoms with Gasteiger partial charge in [-0.2, -0.15) is 0 Å². The lowest BCUT2D eigenvalue weighted by Crippen LogP contribution is -2.00. The van der Waals surface area contributed by atoms with Gasteiger partial charge in [-0.3, -0.25) is 0 Å². The summed E-state index contributed by atoms with van der Waals surface area (Å²) in [7, 11) is 0. The van der Waals surface area contributed by atoms with Crippen LogP contribution in [0.15, 0.2) is 42.5 Å². The summed E-state index contributed by atoms with van der Waals surface area (Å²) in [4.78, 5) is 0. The molecule has 2 rings (SSSR count). The molecule has 0 unspecified atom stereocenters. The van der Waals surface area contributed by atoms with Gasteiger partial charge in [-0.15, -0.1) is 11.6 Å². The Bertz CT molecular complexity index is 538. The number of benzene rings is 2. The van der Waals surface area contributed by atoms with Gasteiger partial charge in [0.2, 0.25) is 0 Å². The second-order valence-electron chi connectivity index (χ2n) is 4.10. The van der Waals surface area contributed by atoms with Crippen LogP contribution in [0.3, 0.4) is 0 Å². The van der Waals surface area contributed by atoms with Gasteiger partial charge in [0.1, 0.15) is 12.4 Å². The van der Waals surface area contributed by atoms with Crippen LogP contribution in [-0.4, -0.2) is 0 Å². The number of ether oxygens (including phenoxy) is 1. The van der Waals surface area contributed by atoms with E-state index in [9.17, 15) is 0 Å². The molecule has 0 atom stereocenters. The maximum atomic E-state index is 5.91. The minimum absolute atomic E-state index is 0.499. The summed E-state index contributed by atoms with van der Waals surface area (Å²) < 4.78 is 5.80. The van der Waals surface area contributed by atoms with Crippen LogP contribution in [-0.2, 0) is 12.5 Å². The van der Waals surface area contributed by atoms with Crippen LogP contribution in [0.4, 0.5) is 0 Å². The first kappa shape index (κ1) is 13.3. The largest absolute Gasteiger partial charge is 0.489 e. The second-order valence-corrected chi connectivity index (χ2v) is 4.80.